The second kappa shape index (κ2) is 47.8. The molecule has 0 aromatic carbocycles. The van der Waals surface area contributed by atoms with Crippen LogP contribution in [0.15, 0.2) is 12.2 Å². The number of carbonyl (C=O) groups excluding carboxylic acids is 1. The minimum atomic E-state index is -1.66. The number of aliphatic hydroxyl groups is 7. The molecule has 0 spiro atoms. The normalized spacial score (nSPS) is 20.4. The summed E-state index contributed by atoms with van der Waals surface area (Å²) < 4.78 is 11.1. The van der Waals surface area contributed by atoms with Crippen LogP contribution < -0.4 is 5.32 Å². The third-order valence-corrected chi connectivity index (χ3v) is 14.6. The van der Waals surface area contributed by atoms with Gasteiger partial charge in [-0.3, -0.25) is 4.79 Å². The molecule has 11 heteroatoms. The molecule has 0 aromatic rings. The summed E-state index contributed by atoms with van der Waals surface area (Å²) in [7, 11) is 0. The molecule has 1 rings (SSSR count). The first-order valence-corrected chi connectivity index (χ1v) is 29.6. The van der Waals surface area contributed by atoms with E-state index in [1.807, 2.05) is 0 Å². The molecule has 9 unspecified atom stereocenters. The SMILES string of the molecule is CCCCCCCCCCCCC/C=C/CCCC(O)C(O)C(COC1OC(CO)C(O)C(O)C1O)NC(=O)C(O)CCCCCCCCCCCCCCCCCCCCCCCCCCCC. The van der Waals surface area contributed by atoms with Crippen LogP contribution in [0.25, 0.3) is 0 Å². The van der Waals surface area contributed by atoms with E-state index in [1.165, 1.54) is 205 Å². The molecule has 410 valence electrons. The van der Waals surface area contributed by atoms with Gasteiger partial charge < -0.3 is 50.5 Å². The number of hydrogen-bond donors (Lipinski definition) is 8. The van der Waals surface area contributed by atoms with Crippen molar-refractivity contribution in [3.8, 4) is 0 Å². The number of unbranched alkanes of at least 4 members (excludes halogenated alkanes) is 37. The molecular formula is C58H113NO10. The minimum Gasteiger partial charge on any atom is -0.394 e. The van der Waals surface area contributed by atoms with E-state index in [0.717, 1.165) is 38.5 Å². The Labute approximate surface area is 423 Å². The van der Waals surface area contributed by atoms with Crippen molar-refractivity contribution in [2.45, 2.75) is 339 Å². The number of hydrogen-bond acceptors (Lipinski definition) is 10. The Morgan fingerprint density at radius 3 is 1.25 bits per heavy atom. The van der Waals surface area contributed by atoms with Crippen LogP contribution in [0, 0.1) is 0 Å². The van der Waals surface area contributed by atoms with Gasteiger partial charge in [0.1, 0.15) is 36.6 Å². The van der Waals surface area contributed by atoms with Crippen LogP contribution in [0.2, 0.25) is 0 Å². The van der Waals surface area contributed by atoms with E-state index >= 15 is 0 Å². The lowest BCUT2D eigenvalue weighted by Gasteiger charge is -2.40. The van der Waals surface area contributed by atoms with Crippen LogP contribution in [-0.4, -0.2) is 110 Å². The van der Waals surface area contributed by atoms with Crippen molar-refractivity contribution in [1.29, 1.82) is 0 Å². The molecule has 69 heavy (non-hydrogen) atoms. The second-order valence-electron chi connectivity index (χ2n) is 21.1. The van der Waals surface area contributed by atoms with Gasteiger partial charge in [-0.05, 0) is 38.5 Å². The molecule has 1 aliphatic heterocycles. The molecule has 1 fully saturated rings. The van der Waals surface area contributed by atoms with Gasteiger partial charge >= 0.3 is 0 Å². The first kappa shape index (κ1) is 65.9. The second-order valence-corrected chi connectivity index (χ2v) is 21.1. The fraction of sp³-hybridized carbons (Fsp3) is 0.948. The number of aliphatic hydroxyl groups excluding tert-OH is 7. The molecule has 1 aliphatic rings. The van der Waals surface area contributed by atoms with E-state index in [4.69, 9.17) is 9.47 Å². The van der Waals surface area contributed by atoms with Crippen molar-refractivity contribution < 1.29 is 50.0 Å². The van der Waals surface area contributed by atoms with Gasteiger partial charge in [-0.1, -0.05) is 257 Å². The highest BCUT2D eigenvalue weighted by Crippen LogP contribution is 2.23. The summed E-state index contributed by atoms with van der Waals surface area (Å²) in [5, 5.41) is 76.1. The Morgan fingerprint density at radius 2 is 0.855 bits per heavy atom. The number of amides is 1. The molecule has 0 bridgehead atoms. The van der Waals surface area contributed by atoms with Gasteiger partial charge in [-0.25, -0.2) is 0 Å². The van der Waals surface area contributed by atoms with Gasteiger partial charge in [0, 0.05) is 0 Å². The van der Waals surface area contributed by atoms with E-state index in [1.54, 1.807) is 0 Å². The highest BCUT2D eigenvalue weighted by atomic mass is 16.7. The molecule has 1 amide bonds. The maximum absolute atomic E-state index is 13.2. The average molecular weight is 985 g/mol. The smallest absolute Gasteiger partial charge is 0.249 e. The Hall–Kier alpha value is -1.15. The van der Waals surface area contributed by atoms with Gasteiger partial charge in [0.05, 0.1) is 25.4 Å². The van der Waals surface area contributed by atoms with Crippen LogP contribution in [0.3, 0.4) is 0 Å². The standard InChI is InChI=1S/C58H113NO10/c1-3-5-7-9-11-13-15-17-19-21-22-23-24-25-26-27-28-29-30-32-34-36-38-40-42-44-46-51(62)57(67)59-49(48-68-58-56(66)55(65)54(64)52(47-60)69-58)53(63)50(61)45-43-41-39-37-35-33-31-20-18-16-14-12-10-8-6-4-2/h37,39,49-56,58,60-66H,3-36,38,40-48H2,1-2H3,(H,59,67)/b39-37+. The summed E-state index contributed by atoms with van der Waals surface area (Å²) in [5.41, 5.74) is 0. The lowest BCUT2D eigenvalue weighted by atomic mass is 9.98. The summed E-state index contributed by atoms with van der Waals surface area (Å²) in [4.78, 5) is 13.2. The third-order valence-electron chi connectivity index (χ3n) is 14.6. The monoisotopic (exact) mass is 984 g/mol. The van der Waals surface area contributed by atoms with Crippen molar-refractivity contribution in [2.24, 2.45) is 0 Å². The molecule has 0 aromatic heterocycles. The van der Waals surface area contributed by atoms with Gasteiger partial charge in [0.2, 0.25) is 5.91 Å². The van der Waals surface area contributed by atoms with Gasteiger partial charge in [-0.2, -0.15) is 0 Å². The van der Waals surface area contributed by atoms with Crippen molar-refractivity contribution in [2.75, 3.05) is 13.2 Å². The number of allylic oxidation sites excluding steroid dienone is 2. The summed E-state index contributed by atoms with van der Waals surface area (Å²) in [6.07, 6.45) is 44.2. The Bertz CT molecular complexity index is 1130. The number of ether oxygens (including phenoxy) is 2. The average Bonchev–Trinajstić information content (AvgIpc) is 3.35. The first-order chi connectivity index (χ1) is 33.7. The highest BCUT2D eigenvalue weighted by molar-refractivity contribution is 5.80. The molecule has 1 heterocycles. The molecule has 8 N–H and O–H groups in total. The Morgan fingerprint density at radius 1 is 0.493 bits per heavy atom. The lowest BCUT2D eigenvalue weighted by Crippen LogP contribution is -2.60. The topological polar surface area (TPSA) is 189 Å². The van der Waals surface area contributed by atoms with Crippen molar-refractivity contribution in [3.05, 3.63) is 12.2 Å². The highest BCUT2D eigenvalue weighted by Gasteiger charge is 2.44. The lowest BCUT2D eigenvalue weighted by molar-refractivity contribution is -0.303. The maximum Gasteiger partial charge on any atom is 0.249 e. The number of nitrogens with one attached hydrogen (secondary N) is 1. The Balaban J connectivity index is 2.27. The first-order valence-electron chi connectivity index (χ1n) is 29.6. The fourth-order valence-corrected chi connectivity index (χ4v) is 9.74. The molecule has 0 aliphatic carbocycles. The summed E-state index contributed by atoms with van der Waals surface area (Å²) in [6.45, 7) is 3.47. The minimum absolute atomic E-state index is 0.260. The largest absolute Gasteiger partial charge is 0.394 e. The van der Waals surface area contributed by atoms with Crippen LogP contribution in [0.5, 0.6) is 0 Å². The number of rotatable bonds is 51. The predicted octanol–water partition coefficient (Wildman–Crippen LogP) is 12.4. The summed E-state index contributed by atoms with van der Waals surface area (Å²) in [6, 6.07) is -1.18. The molecular weight excluding hydrogens is 871 g/mol. The van der Waals surface area contributed by atoms with Gasteiger partial charge in [0.25, 0.3) is 0 Å². The quantitative estimate of drug-likeness (QED) is 0.0215. The molecule has 0 radical (unpaired) electrons. The summed E-state index contributed by atoms with van der Waals surface area (Å²) in [5.74, 6) is -0.700. The van der Waals surface area contributed by atoms with E-state index in [0.29, 0.717) is 12.8 Å². The van der Waals surface area contributed by atoms with Gasteiger partial charge in [0.15, 0.2) is 6.29 Å². The predicted molar refractivity (Wildman–Crippen MR) is 284 cm³/mol. The van der Waals surface area contributed by atoms with Gasteiger partial charge in [-0.15, -0.1) is 0 Å². The van der Waals surface area contributed by atoms with Crippen molar-refractivity contribution in [3.63, 3.8) is 0 Å². The van der Waals surface area contributed by atoms with Crippen LogP contribution in [-0.2, 0) is 14.3 Å². The molecule has 9 atom stereocenters. The summed E-state index contributed by atoms with van der Waals surface area (Å²) >= 11 is 0. The Kier molecular flexibility index (Phi) is 45.7. The zero-order valence-corrected chi connectivity index (χ0v) is 44.8. The van der Waals surface area contributed by atoms with E-state index < -0.39 is 74.2 Å². The maximum atomic E-state index is 13.2. The third kappa shape index (κ3) is 36.4. The van der Waals surface area contributed by atoms with Crippen molar-refractivity contribution in [1.82, 2.24) is 5.32 Å². The van der Waals surface area contributed by atoms with Crippen molar-refractivity contribution >= 4 is 5.91 Å². The van der Waals surface area contributed by atoms with E-state index in [9.17, 15) is 40.5 Å². The fourth-order valence-electron chi connectivity index (χ4n) is 9.74. The van der Waals surface area contributed by atoms with Crippen LogP contribution in [0.1, 0.15) is 284 Å². The molecule has 1 saturated heterocycles. The van der Waals surface area contributed by atoms with E-state index in [2.05, 4.69) is 31.3 Å². The molecule has 11 nitrogen and oxygen atoms in total. The zero-order valence-electron chi connectivity index (χ0n) is 44.8. The van der Waals surface area contributed by atoms with E-state index in [-0.39, 0.29) is 12.8 Å². The van der Waals surface area contributed by atoms with Crippen LogP contribution in [0.4, 0.5) is 0 Å². The van der Waals surface area contributed by atoms with Crippen LogP contribution >= 0.6 is 0 Å². The molecule has 0 saturated carbocycles. The number of carbonyl (C=O) groups is 1. The zero-order chi connectivity index (χ0) is 50.4.